The van der Waals surface area contributed by atoms with Gasteiger partial charge in [0.05, 0.1) is 11.9 Å². The Morgan fingerprint density at radius 2 is 2.37 bits per heavy atom. The highest BCUT2D eigenvalue weighted by molar-refractivity contribution is 8.00. The highest BCUT2D eigenvalue weighted by atomic mass is 35.5. The first-order chi connectivity index (χ1) is 9.15. The molecule has 104 valence electrons. The fourth-order valence-corrected chi connectivity index (χ4v) is 2.50. The summed E-state index contributed by atoms with van der Waals surface area (Å²) in [5.74, 6) is 1.68. The summed E-state index contributed by atoms with van der Waals surface area (Å²) in [6.45, 7) is 2.51. The van der Waals surface area contributed by atoms with Crippen LogP contribution in [0.2, 0.25) is 5.02 Å². The van der Waals surface area contributed by atoms with Crippen LogP contribution in [0.15, 0.2) is 24.3 Å². The summed E-state index contributed by atoms with van der Waals surface area (Å²) in [5, 5.41) is 3.65. The van der Waals surface area contributed by atoms with E-state index in [0.717, 1.165) is 24.3 Å². The van der Waals surface area contributed by atoms with E-state index in [1.807, 2.05) is 25.1 Å². The lowest BCUT2D eigenvalue weighted by Gasteiger charge is -2.12. The zero-order chi connectivity index (χ0) is 13.7. The topological polar surface area (TPSA) is 38.3 Å². The lowest BCUT2D eigenvalue weighted by atomic mass is 10.3. The predicted octanol–water partition coefficient (Wildman–Crippen LogP) is 3.12. The molecule has 1 amide bonds. The van der Waals surface area contributed by atoms with E-state index >= 15 is 0 Å². The van der Waals surface area contributed by atoms with E-state index < -0.39 is 0 Å². The van der Waals surface area contributed by atoms with Crippen molar-refractivity contribution in [2.75, 3.05) is 12.4 Å². The molecule has 1 aliphatic rings. The van der Waals surface area contributed by atoms with Crippen molar-refractivity contribution in [1.29, 1.82) is 0 Å². The normalized spacial score (nSPS) is 15.9. The maximum absolute atomic E-state index is 11.7. The molecule has 1 N–H and O–H groups in total. The third kappa shape index (κ3) is 5.33. The second-order valence-corrected chi connectivity index (χ2v) is 6.49. The average molecular weight is 300 g/mol. The van der Waals surface area contributed by atoms with E-state index in [1.54, 1.807) is 17.8 Å². The van der Waals surface area contributed by atoms with Crippen molar-refractivity contribution in [3.8, 4) is 5.75 Å². The van der Waals surface area contributed by atoms with Gasteiger partial charge < -0.3 is 10.1 Å². The maximum Gasteiger partial charge on any atom is 0.233 e. The summed E-state index contributed by atoms with van der Waals surface area (Å²) >= 11 is 7.47. The number of carbonyl (C=O) groups is 1. The van der Waals surface area contributed by atoms with Gasteiger partial charge in [0.15, 0.2) is 0 Å². The SMILES string of the molecule is CC(SCCOc1cccc(Cl)c1)C(=O)NC1CC1. The van der Waals surface area contributed by atoms with E-state index in [9.17, 15) is 4.79 Å². The van der Waals surface area contributed by atoms with Crippen LogP contribution in [0.1, 0.15) is 19.8 Å². The Hall–Kier alpha value is -0.870. The fourth-order valence-electron chi connectivity index (χ4n) is 1.56. The van der Waals surface area contributed by atoms with Crippen LogP contribution in [0.25, 0.3) is 0 Å². The van der Waals surface area contributed by atoms with Crippen molar-refractivity contribution in [2.45, 2.75) is 31.1 Å². The number of thioether (sulfide) groups is 1. The molecule has 1 saturated carbocycles. The minimum atomic E-state index is -0.0245. The molecular weight excluding hydrogens is 282 g/mol. The summed E-state index contributed by atoms with van der Waals surface area (Å²) < 4.78 is 5.57. The molecule has 1 aromatic carbocycles. The Morgan fingerprint density at radius 3 is 3.05 bits per heavy atom. The van der Waals surface area contributed by atoms with Gasteiger partial charge in [0.25, 0.3) is 0 Å². The minimum absolute atomic E-state index is 0.0245. The summed E-state index contributed by atoms with van der Waals surface area (Å²) in [6, 6.07) is 7.76. The van der Waals surface area contributed by atoms with Gasteiger partial charge in [-0.2, -0.15) is 0 Å². The van der Waals surface area contributed by atoms with E-state index in [4.69, 9.17) is 16.3 Å². The van der Waals surface area contributed by atoms with Gasteiger partial charge in [0.1, 0.15) is 5.75 Å². The van der Waals surface area contributed by atoms with Crippen LogP contribution in [0.5, 0.6) is 5.75 Å². The number of halogens is 1. The van der Waals surface area contributed by atoms with Gasteiger partial charge in [-0.1, -0.05) is 17.7 Å². The van der Waals surface area contributed by atoms with Crippen LogP contribution in [-0.4, -0.2) is 29.6 Å². The molecule has 1 aliphatic carbocycles. The summed E-state index contributed by atoms with van der Waals surface area (Å²) in [5.41, 5.74) is 0. The molecule has 0 radical (unpaired) electrons. The lowest BCUT2D eigenvalue weighted by Crippen LogP contribution is -2.32. The van der Waals surface area contributed by atoms with Crippen LogP contribution >= 0.6 is 23.4 Å². The monoisotopic (exact) mass is 299 g/mol. The third-order valence-electron chi connectivity index (χ3n) is 2.81. The van der Waals surface area contributed by atoms with Crippen LogP contribution < -0.4 is 10.1 Å². The lowest BCUT2D eigenvalue weighted by molar-refractivity contribution is -0.120. The molecular formula is C14H18ClNO2S. The van der Waals surface area contributed by atoms with Gasteiger partial charge in [0, 0.05) is 16.8 Å². The van der Waals surface area contributed by atoms with Crippen LogP contribution in [0, 0.1) is 0 Å². The van der Waals surface area contributed by atoms with E-state index in [2.05, 4.69) is 5.32 Å². The zero-order valence-electron chi connectivity index (χ0n) is 10.9. The minimum Gasteiger partial charge on any atom is -0.493 e. The van der Waals surface area contributed by atoms with Crippen LogP contribution in [-0.2, 0) is 4.79 Å². The predicted molar refractivity (Wildman–Crippen MR) is 80.0 cm³/mol. The summed E-state index contributed by atoms with van der Waals surface area (Å²) in [4.78, 5) is 11.7. The number of ether oxygens (including phenoxy) is 1. The number of carbonyl (C=O) groups excluding carboxylic acids is 1. The number of amides is 1. The van der Waals surface area contributed by atoms with Crippen LogP contribution in [0.3, 0.4) is 0 Å². The standard InChI is InChI=1S/C14H18ClNO2S/c1-10(14(17)16-12-5-6-12)19-8-7-18-13-4-2-3-11(15)9-13/h2-4,9-10,12H,5-8H2,1H3,(H,16,17). The molecule has 0 saturated heterocycles. The number of nitrogens with one attached hydrogen (secondary N) is 1. The number of rotatable bonds is 7. The van der Waals surface area contributed by atoms with Gasteiger partial charge in [-0.15, -0.1) is 11.8 Å². The highest BCUT2D eigenvalue weighted by Gasteiger charge is 2.25. The second kappa shape index (κ2) is 7.06. The first kappa shape index (κ1) is 14.5. The summed E-state index contributed by atoms with van der Waals surface area (Å²) in [6.07, 6.45) is 2.25. The number of benzene rings is 1. The quantitative estimate of drug-likeness (QED) is 0.786. The molecule has 1 aromatic rings. The third-order valence-corrected chi connectivity index (χ3v) is 4.16. The van der Waals surface area contributed by atoms with Gasteiger partial charge in [0.2, 0.25) is 5.91 Å². The number of hydrogen-bond donors (Lipinski definition) is 1. The second-order valence-electron chi connectivity index (χ2n) is 4.60. The first-order valence-corrected chi connectivity index (χ1v) is 7.88. The fraction of sp³-hybridized carbons (Fsp3) is 0.500. The van der Waals surface area contributed by atoms with Gasteiger partial charge in [-0.3, -0.25) is 4.79 Å². The largest absolute Gasteiger partial charge is 0.493 e. The van der Waals surface area contributed by atoms with Crippen molar-refractivity contribution in [1.82, 2.24) is 5.32 Å². The molecule has 0 heterocycles. The van der Waals surface area contributed by atoms with Crippen LogP contribution in [0.4, 0.5) is 0 Å². The molecule has 2 rings (SSSR count). The first-order valence-electron chi connectivity index (χ1n) is 6.45. The Labute approximate surface area is 123 Å². The maximum atomic E-state index is 11.7. The molecule has 3 nitrogen and oxygen atoms in total. The molecule has 19 heavy (non-hydrogen) atoms. The van der Waals surface area contributed by atoms with E-state index in [1.165, 1.54) is 0 Å². The van der Waals surface area contributed by atoms with Crippen molar-refractivity contribution < 1.29 is 9.53 Å². The van der Waals surface area contributed by atoms with Crippen molar-refractivity contribution in [3.05, 3.63) is 29.3 Å². The molecule has 0 aromatic heterocycles. The Kier molecular flexibility index (Phi) is 5.40. The van der Waals surface area contributed by atoms with Gasteiger partial charge >= 0.3 is 0 Å². The molecule has 0 spiro atoms. The summed E-state index contributed by atoms with van der Waals surface area (Å²) in [7, 11) is 0. The Balaban J connectivity index is 1.61. The zero-order valence-corrected chi connectivity index (χ0v) is 12.5. The smallest absolute Gasteiger partial charge is 0.233 e. The molecule has 0 aliphatic heterocycles. The molecule has 5 heteroatoms. The highest BCUT2D eigenvalue weighted by Crippen LogP contribution is 2.21. The van der Waals surface area contributed by atoms with Crippen molar-refractivity contribution in [2.24, 2.45) is 0 Å². The molecule has 0 bridgehead atoms. The van der Waals surface area contributed by atoms with E-state index in [-0.39, 0.29) is 11.2 Å². The van der Waals surface area contributed by atoms with E-state index in [0.29, 0.717) is 17.7 Å². The number of hydrogen-bond acceptors (Lipinski definition) is 3. The molecule has 1 unspecified atom stereocenters. The Bertz CT molecular complexity index is 437. The Morgan fingerprint density at radius 1 is 1.58 bits per heavy atom. The van der Waals surface area contributed by atoms with Crippen molar-refractivity contribution >= 4 is 29.3 Å². The van der Waals surface area contributed by atoms with Gasteiger partial charge in [-0.25, -0.2) is 0 Å². The molecule has 1 fully saturated rings. The molecule has 1 atom stereocenters. The van der Waals surface area contributed by atoms with Crippen molar-refractivity contribution in [3.63, 3.8) is 0 Å². The average Bonchev–Trinajstić information content (AvgIpc) is 3.18. The van der Waals surface area contributed by atoms with Gasteiger partial charge in [-0.05, 0) is 38.0 Å².